The van der Waals surface area contributed by atoms with Gasteiger partial charge in [-0.2, -0.15) is 18.3 Å². The summed E-state index contributed by atoms with van der Waals surface area (Å²) < 4.78 is 41.3. The Hall–Kier alpha value is -2.59. The molecule has 0 bridgehead atoms. The highest BCUT2D eigenvalue weighted by molar-refractivity contribution is 5.88. The van der Waals surface area contributed by atoms with Crippen LogP contribution in [0.15, 0.2) is 0 Å². The number of fused-ring (bicyclic) bond motifs is 1. The molecule has 0 saturated carbocycles. The van der Waals surface area contributed by atoms with E-state index < -0.39 is 23.8 Å². The molecule has 0 spiro atoms. The molecule has 30 heavy (non-hydrogen) atoms. The molecule has 3 rings (SSSR count). The Kier molecular flexibility index (Phi) is 6.09. The van der Waals surface area contributed by atoms with Gasteiger partial charge in [0.15, 0.2) is 5.69 Å². The van der Waals surface area contributed by atoms with E-state index in [0.717, 1.165) is 11.1 Å². The minimum Gasteiger partial charge on any atom is -0.347 e. The lowest BCUT2D eigenvalue weighted by atomic mass is 9.95. The summed E-state index contributed by atoms with van der Waals surface area (Å²) in [6.45, 7) is 1.49. The van der Waals surface area contributed by atoms with Gasteiger partial charge in [0.1, 0.15) is 12.6 Å². The van der Waals surface area contributed by atoms with Crippen LogP contribution in [0.3, 0.4) is 0 Å². The first-order chi connectivity index (χ1) is 14.0. The van der Waals surface area contributed by atoms with Crippen LogP contribution in [0, 0.1) is 0 Å². The first kappa shape index (κ1) is 22.1. The van der Waals surface area contributed by atoms with Crippen molar-refractivity contribution in [1.29, 1.82) is 0 Å². The molecule has 1 aliphatic heterocycles. The largest absolute Gasteiger partial charge is 0.435 e. The Labute approximate surface area is 172 Å². The zero-order chi connectivity index (χ0) is 22.2. The van der Waals surface area contributed by atoms with E-state index in [1.807, 2.05) is 0 Å². The minimum absolute atomic E-state index is 0.0586. The Balaban J connectivity index is 1.86. The third kappa shape index (κ3) is 4.29. The zero-order valence-corrected chi connectivity index (χ0v) is 17.3. The van der Waals surface area contributed by atoms with Gasteiger partial charge >= 0.3 is 6.18 Å². The number of halogens is 3. The molecule has 8 nitrogen and oxygen atoms in total. The van der Waals surface area contributed by atoms with Crippen molar-refractivity contribution in [1.82, 2.24) is 24.5 Å². The third-order valence-corrected chi connectivity index (χ3v) is 5.68. The molecule has 1 aromatic heterocycles. The van der Waals surface area contributed by atoms with Gasteiger partial charge in [0.05, 0.1) is 6.54 Å². The van der Waals surface area contributed by atoms with Crippen LogP contribution in [0.2, 0.25) is 0 Å². The van der Waals surface area contributed by atoms with Crippen LogP contribution in [0.4, 0.5) is 13.2 Å². The summed E-state index contributed by atoms with van der Waals surface area (Å²) in [5.74, 6) is -1.02. The SMILES string of the molecule is CC(=O)N1CCN(C(=O)Cn2nc(C(F)(F)F)c3c2CCCC3)C(C(=O)N(C)C)C1. The van der Waals surface area contributed by atoms with Gasteiger partial charge in [0.2, 0.25) is 17.7 Å². The van der Waals surface area contributed by atoms with Crippen molar-refractivity contribution >= 4 is 17.7 Å². The highest BCUT2D eigenvalue weighted by atomic mass is 19.4. The Morgan fingerprint density at radius 2 is 1.80 bits per heavy atom. The van der Waals surface area contributed by atoms with Crippen LogP contribution < -0.4 is 0 Å². The second kappa shape index (κ2) is 8.27. The van der Waals surface area contributed by atoms with Crippen molar-refractivity contribution in [2.75, 3.05) is 33.7 Å². The van der Waals surface area contributed by atoms with Crippen LogP contribution in [0.1, 0.15) is 36.7 Å². The number of likely N-dealkylation sites (N-methyl/N-ethyl adjacent to an activating group) is 1. The summed E-state index contributed by atoms with van der Waals surface area (Å²) in [5, 5.41) is 3.73. The average Bonchev–Trinajstić information content (AvgIpc) is 3.05. The lowest BCUT2D eigenvalue weighted by Crippen LogP contribution is -2.61. The van der Waals surface area contributed by atoms with E-state index in [4.69, 9.17) is 0 Å². The second-order valence-corrected chi connectivity index (χ2v) is 7.94. The van der Waals surface area contributed by atoms with E-state index >= 15 is 0 Å². The average molecular weight is 429 g/mol. The van der Waals surface area contributed by atoms with E-state index in [9.17, 15) is 27.6 Å². The van der Waals surface area contributed by atoms with Crippen molar-refractivity contribution in [3.8, 4) is 0 Å². The van der Waals surface area contributed by atoms with Gasteiger partial charge < -0.3 is 14.7 Å². The molecule has 3 amide bonds. The fourth-order valence-corrected chi connectivity index (χ4v) is 4.13. The van der Waals surface area contributed by atoms with Crippen molar-refractivity contribution in [3.63, 3.8) is 0 Å². The maximum Gasteiger partial charge on any atom is 0.435 e. The van der Waals surface area contributed by atoms with E-state index in [1.54, 1.807) is 14.1 Å². The molecule has 1 aliphatic carbocycles. The summed E-state index contributed by atoms with van der Waals surface area (Å²) in [7, 11) is 3.11. The molecule has 0 aromatic carbocycles. The molecule has 1 fully saturated rings. The predicted octanol–water partition coefficient (Wildman–Crippen LogP) is 0.928. The van der Waals surface area contributed by atoms with E-state index in [2.05, 4.69) is 5.10 Å². The molecule has 1 atom stereocenters. The summed E-state index contributed by atoms with van der Waals surface area (Å²) >= 11 is 0. The van der Waals surface area contributed by atoms with E-state index in [1.165, 1.54) is 21.6 Å². The van der Waals surface area contributed by atoms with Crippen molar-refractivity contribution in [2.24, 2.45) is 0 Å². The minimum atomic E-state index is -4.58. The predicted molar refractivity (Wildman–Crippen MR) is 100 cm³/mol. The zero-order valence-electron chi connectivity index (χ0n) is 17.3. The first-order valence-corrected chi connectivity index (χ1v) is 9.92. The number of carbonyl (C=O) groups excluding carboxylic acids is 3. The fraction of sp³-hybridized carbons (Fsp3) is 0.684. The summed E-state index contributed by atoms with van der Waals surface area (Å²) in [4.78, 5) is 41.6. The number of carbonyl (C=O) groups is 3. The summed E-state index contributed by atoms with van der Waals surface area (Å²) in [6.07, 6.45) is -2.46. The Morgan fingerprint density at radius 1 is 1.13 bits per heavy atom. The number of rotatable bonds is 3. The monoisotopic (exact) mass is 429 g/mol. The lowest BCUT2D eigenvalue weighted by molar-refractivity contribution is -0.151. The van der Waals surface area contributed by atoms with Gasteiger partial charge in [-0.15, -0.1) is 0 Å². The standard InChI is InChI=1S/C19H26F3N5O3/c1-12(28)25-8-9-26(15(10-25)18(30)24(2)3)16(29)11-27-14-7-5-4-6-13(14)17(23-27)19(20,21)22/h15H,4-11H2,1-3H3. The topological polar surface area (TPSA) is 78.8 Å². The number of hydrogen-bond donors (Lipinski definition) is 0. The number of hydrogen-bond acceptors (Lipinski definition) is 4. The molecular formula is C19H26F3N5O3. The second-order valence-electron chi connectivity index (χ2n) is 7.94. The summed E-state index contributed by atoms with van der Waals surface area (Å²) in [6, 6.07) is -0.876. The lowest BCUT2D eigenvalue weighted by Gasteiger charge is -2.41. The van der Waals surface area contributed by atoms with Gasteiger partial charge in [-0.25, -0.2) is 0 Å². The number of nitrogens with zero attached hydrogens (tertiary/aromatic N) is 5. The van der Waals surface area contributed by atoms with Crippen LogP contribution in [-0.4, -0.2) is 82.0 Å². The summed E-state index contributed by atoms with van der Waals surface area (Å²) in [5.41, 5.74) is -0.309. The van der Waals surface area contributed by atoms with Gasteiger partial charge in [-0.05, 0) is 25.7 Å². The smallest absolute Gasteiger partial charge is 0.347 e. The molecule has 166 valence electrons. The quantitative estimate of drug-likeness (QED) is 0.716. The van der Waals surface area contributed by atoms with E-state index in [0.29, 0.717) is 18.5 Å². The first-order valence-electron chi connectivity index (χ1n) is 9.92. The van der Waals surface area contributed by atoms with Crippen molar-refractivity contribution in [2.45, 2.75) is 51.4 Å². The van der Waals surface area contributed by atoms with Gasteiger partial charge in [0, 0.05) is 45.4 Å². The number of amides is 3. The van der Waals surface area contributed by atoms with Gasteiger partial charge in [-0.3, -0.25) is 19.1 Å². The molecule has 11 heteroatoms. The highest BCUT2D eigenvalue weighted by Crippen LogP contribution is 2.35. The van der Waals surface area contributed by atoms with E-state index in [-0.39, 0.29) is 50.0 Å². The highest BCUT2D eigenvalue weighted by Gasteiger charge is 2.41. The normalized spacial score (nSPS) is 19.5. The molecule has 2 aliphatic rings. The fourth-order valence-electron chi connectivity index (χ4n) is 4.13. The maximum atomic E-state index is 13.4. The molecule has 0 N–H and O–H groups in total. The molecule has 0 radical (unpaired) electrons. The third-order valence-electron chi connectivity index (χ3n) is 5.68. The van der Waals surface area contributed by atoms with Crippen molar-refractivity contribution < 1.29 is 27.6 Å². The molecule has 1 saturated heterocycles. The van der Waals surface area contributed by atoms with Crippen LogP contribution in [0.5, 0.6) is 0 Å². The van der Waals surface area contributed by atoms with Crippen LogP contribution in [0.25, 0.3) is 0 Å². The Bertz CT molecular complexity index is 849. The molecule has 2 heterocycles. The molecule has 1 unspecified atom stereocenters. The van der Waals surface area contributed by atoms with Crippen LogP contribution in [-0.2, 0) is 39.9 Å². The number of alkyl halides is 3. The maximum absolute atomic E-state index is 13.4. The van der Waals surface area contributed by atoms with Gasteiger partial charge in [0.25, 0.3) is 0 Å². The number of aromatic nitrogens is 2. The van der Waals surface area contributed by atoms with Crippen LogP contribution >= 0.6 is 0 Å². The molecular weight excluding hydrogens is 403 g/mol. The molecule has 1 aromatic rings. The van der Waals surface area contributed by atoms with Gasteiger partial charge in [-0.1, -0.05) is 0 Å². The number of piperazine rings is 1. The van der Waals surface area contributed by atoms with Crippen molar-refractivity contribution in [3.05, 3.63) is 17.0 Å². The Morgan fingerprint density at radius 3 is 2.40 bits per heavy atom.